The Balaban J connectivity index is 2.28. The maximum atomic E-state index is 11.4. The lowest BCUT2D eigenvalue weighted by molar-refractivity contribution is 0.0594. The summed E-state index contributed by atoms with van der Waals surface area (Å²) >= 11 is 0. The molecule has 0 bridgehead atoms. The zero-order valence-corrected chi connectivity index (χ0v) is 11.5. The molecule has 5 nitrogen and oxygen atoms in total. The molecule has 0 aliphatic heterocycles. The normalized spacial score (nSPS) is 12.2. The van der Waals surface area contributed by atoms with Gasteiger partial charge in [0.15, 0.2) is 0 Å². The maximum Gasteiger partial charge on any atom is 0.251 e. The van der Waals surface area contributed by atoms with Crippen molar-refractivity contribution in [3.05, 3.63) is 35.4 Å². The van der Waals surface area contributed by atoms with Crippen LogP contribution in [-0.4, -0.2) is 44.4 Å². The molecule has 1 atom stereocenters. The fourth-order valence-electron chi connectivity index (χ4n) is 1.70. The largest absolute Gasteiger partial charge is 0.391 e. The summed E-state index contributed by atoms with van der Waals surface area (Å²) in [4.78, 5) is 11.4. The van der Waals surface area contributed by atoms with Gasteiger partial charge in [0.25, 0.3) is 5.91 Å². The molecule has 106 valence electrons. The predicted octanol–water partition coefficient (Wildman–Crippen LogP) is 0.533. The first-order valence-electron chi connectivity index (χ1n) is 6.36. The molecule has 1 rings (SSSR count). The van der Waals surface area contributed by atoms with Crippen LogP contribution in [0.2, 0.25) is 0 Å². The van der Waals surface area contributed by atoms with Crippen molar-refractivity contribution in [3.8, 4) is 0 Å². The van der Waals surface area contributed by atoms with Crippen LogP contribution in [0.5, 0.6) is 0 Å². The third-order valence-corrected chi connectivity index (χ3v) is 2.79. The van der Waals surface area contributed by atoms with Gasteiger partial charge in [-0.3, -0.25) is 4.79 Å². The van der Waals surface area contributed by atoms with Crippen LogP contribution in [0.4, 0.5) is 0 Å². The average molecular weight is 266 g/mol. The molecular weight excluding hydrogens is 244 g/mol. The molecule has 0 spiro atoms. The van der Waals surface area contributed by atoms with Gasteiger partial charge < -0.3 is 20.5 Å². The predicted molar refractivity (Wildman–Crippen MR) is 74.0 cm³/mol. The second kappa shape index (κ2) is 8.63. The number of aliphatic hydroxyl groups excluding tert-OH is 1. The van der Waals surface area contributed by atoms with E-state index in [1.165, 1.54) is 0 Å². The van der Waals surface area contributed by atoms with E-state index in [-0.39, 0.29) is 5.91 Å². The number of carbonyl (C=O) groups is 1. The van der Waals surface area contributed by atoms with E-state index < -0.39 is 6.10 Å². The zero-order valence-electron chi connectivity index (χ0n) is 11.5. The third kappa shape index (κ3) is 5.83. The number of rotatable bonds is 8. The lowest BCUT2D eigenvalue weighted by Crippen LogP contribution is -2.23. The Morgan fingerprint density at radius 2 is 2.05 bits per heavy atom. The Hall–Kier alpha value is -1.43. The van der Waals surface area contributed by atoms with E-state index in [1.807, 2.05) is 12.1 Å². The standard InChI is InChI=1S/C14H22N2O3/c1-15-14(18)12-5-3-11(4-6-12)9-16-8-7-13(17)10-19-2/h3-6,13,16-17H,7-10H2,1-2H3,(H,15,18). The summed E-state index contributed by atoms with van der Waals surface area (Å²) in [7, 11) is 3.19. The Bertz CT molecular complexity index is 379. The number of hydrogen-bond acceptors (Lipinski definition) is 4. The number of ether oxygens (including phenoxy) is 1. The molecule has 0 heterocycles. The lowest BCUT2D eigenvalue weighted by Gasteiger charge is -2.10. The van der Waals surface area contributed by atoms with Crippen molar-refractivity contribution >= 4 is 5.91 Å². The topological polar surface area (TPSA) is 70.6 Å². The number of methoxy groups -OCH3 is 1. The van der Waals surface area contributed by atoms with E-state index in [1.54, 1.807) is 26.3 Å². The van der Waals surface area contributed by atoms with Gasteiger partial charge in [0.2, 0.25) is 0 Å². The Morgan fingerprint density at radius 1 is 1.37 bits per heavy atom. The summed E-state index contributed by atoms with van der Waals surface area (Å²) in [6, 6.07) is 7.44. The first kappa shape index (κ1) is 15.6. The molecule has 1 amide bonds. The lowest BCUT2D eigenvalue weighted by atomic mass is 10.1. The third-order valence-electron chi connectivity index (χ3n) is 2.79. The Kier molecular flexibility index (Phi) is 7.10. The van der Waals surface area contributed by atoms with E-state index >= 15 is 0 Å². The van der Waals surface area contributed by atoms with Crippen LogP contribution in [0.15, 0.2) is 24.3 Å². The summed E-state index contributed by atoms with van der Waals surface area (Å²) in [5.74, 6) is -0.0813. The molecule has 1 aromatic carbocycles. The van der Waals surface area contributed by atoms with E-state index in [9.17, 15) is 9.90 Å². The van der Waals surface area contributed by atoms with Crippen LogP contribution in [0.1, 0.15) is 22.3 Å². The van der Waals surface area contributed by atoms with Crippen LogP contribution in [0.25, 0.3) is 0 Å². The van der Waals surface area contributed by atoms with Gasteiger partial charge in [-0.15, -0.1) is 0 Å². The molecule has 0 saturated heterocycles. The highest BCUT2D eigenvalue weighted by atomic mass is 16.5. The molecule has 0 aliphatic rings. The monoisotopic (exact) mass is 266 g/mol. The van der Waals surface area contributed by atoms with Gasteiger partial charge in [-0.05, 0) is 30.7 Å². The molecule has 0 fully saturated rings. The van der Waals surface area contributed by atoms with Gasteiger partial charge in [0.1, 0.15) is 0 Å². The molecular formula is C14H22N2O3. The van der Waals surface area contributed by atoms with Crippen molar-refractivity contribution in [3.63, 3.8) is 0 Å². The number of amides is 1. The highest BCUT2D eigenvalue weighted by molar-refractivity contribution is 5.93. The zero-order chi connectivity index (χ0) is 14.1. The number of aliphatic hydroxyl groups is 1. The SMILES string of the molecule is CNC(=O)c1ccc(CNCCC(O)COC)cc1. The van der Waals surface area contributed by atoms with Crippen LogP contribution < -0.4 is 10.6 Å². The molecule has 3 N–H and O–H groups in total. The Labute approximate surface area is 114 Å². The summed E-state index contributed by atoms with van der Waals surface area (Å²) in [5, 5.41) is 15.3. The number of nitrogens with one attached hydrogen (secondary N) is 2. The van der Waals surface area contributed by atoms with Crippen LogP contribution in [0, 0.1) is 0 Å². The van der Waals surface area contributed by atoms with E-state index in [4.69, 9.17) is 4.74 Å². The Morgan fingerprint density at radius 3 is 2.63 bits per heavy atom. The molecule has 1 aromatic rings. The van der Waals surface area contributed by atoms with Gasteiger partial charge in [0, 0.05) is 26.3 Å². The molecule has 0 saturated carbocycles. The van der Waals surface area contributed by atoms with Crippen molar-refractivity contribution in [1.82, 2.24) is 10.6 Å². The summed E-state index contributed by atoms with van der Waals surface area (Å²) in [6.45, 7) is 1.80. The maximum absolute atomic E-state index is 11.4. The molecule has 0 aliphatic carbocycles. The number of benzene rings is 1. The minimum absolute atomic E-state index is 0.0813. The van der Waals surface area contributed by atoms with Crippen LogP contribution in [-0.2, 0) is 11.3 Å². The number of hydrogen-bond donors (Lipinski definition) is 3. The van der Waals surface area contributed by atoms with Crippen molar-refractivity contribution in [1.29, 1.82) is 0 Å². The molecule has 1 unspecified atom stereocenters. The van der Waals surface area contributed by atoms with Crippen LogP contribution >= 0.6 is 0 Å². The molecule has 5 heteroatoms. The first-order chi connectivity index (χ1) is 9.17. The fraction of sp³-hybridized carbons (Fsp3) is 0.500. The second-order valence-corrected chi connectivity index (χ2v) is 4.35. The summed E-state index contributed by atoms with van der Waals surface area (Å²) in [6.07, 6.45) is 0.234. The average Bonchev–Trinajstić information content (AvgIpc) is 2.44. The van der Waals surface area contributed by atoms with Crippen LogP contribution in [0.3, 0.4) is 0 Å². The molecule has 19 heavy (non-hydrogen) atoms. The van der Waals surface area contributed by atoms with Crippen molar-refractivity contribution in [2.24, 2.45) is 0 Å². The van der Waals surface area contributed by atoms with Gasteiger partial charge in [-0.2, -0.15) is 0 Å². The van der Waals surface area contributed by atoms with E-state index in [0.29, 0.717) is 25.1 Å². The smallest absolute Gasteiger partial charge is 0.251 e. The first-order valence-corrected chi connectivity index (χ1v) is 6.36. The molecule has 0 radical (unpaired) electrons. The van der Waals surface area contributed by atoms with Crippen molar-refractivity contribution in [2.75, 3.05) is 27.3 Å². The van der Waals surface area contributed by atoms with Gasteiger partial charge >= 0.3 is 0 Å². The van der Waals surface area contributed by atoms with Crippen molar-refractivity contribution < 1.29 is 14.6 Å². The number of carbonyl (C=O) groups excluding carboxylic acids is 1. The van der Waals surface area contributed by atoms with E-state index in [2.05, 4.69) is 10.6 Å². The van der Waals surface area contributed by atoms with Crippen molar-refractivity contribution in [2.45, 2.75) is 19.1 Å². The molecule has 0 aromatic heterocycles. The fourth-order valence-corrected chi connectivity index (χ4v) is 1.70. The summed E-state index contributed by atoms with van der Waals surface area (Å²) < 4.78 is 4.85. The second-order valence-electron chi connectivity index (χ2n) is 4.35. The van der Waals surface area contributed by atoms with Gasteiger partial charge in [0.05, 0.1) is 12.7 Å². The quantitative estimate of drug-likeness (QED) is 0.600. The highest BCUT2D eigenvalue weighted by Crippen LogP contribution is 2.04. The highest BCUT2D eigenvalue weighted by Gasteiger charge is 2.03. The van der Waals surface area contributed by atoms with Gasteiger partial charge in [-0.1, -0.05) is 12.1 Å². The summed E-state index contributed by atoms with van der Waals surface area (Å²) in [5.41, 5.74) is 1.76. The van der Waals surface area contributed by atoms with Gasteiger partial charge in [-0.25, -0.2) is 0 Å². The minimum atomic E-state index is -0.423. The minimum Gasteiger partial charge on any atom is -0.391 e. The van der Waals surface area contributed by atoms with E-state index in [0.717, 1.165) is 12.1 Å².